The first-order chi connectivity index (χ1) is 11.5. The molecule has 1 N–H and O–H groups in total. The van der Waals surface area contributed by atoms with Gasteiger partial charge in [0.25, 0.3) is 5.91 Å². The molecule has 0 radical (unpaired) electrons. The molecule has 24 heavy (non-hydrogen) atoms. The summed E-state index contributed by atoms with van der Waals surface area (Å²) in [6.07, 6.45) is -0.123. The Morgan fingerprint density at radius 1 is 1.17 bits per heavy atom. The fraction of sp³-hybridized carbons (Fsp3) is 0.647. The first kappa shape index (κ1) is 17.0. The van der Waals surface area contributed by atoms with E-state index in [4.69, 9.17) is 9.15 Å². The minimum Gasteiger partial charge on any atom is -0.466 e. The van der Waals surface area contributed by atoms with Crippen LogP contribution in [0.1, 0.15) is 28.8 Å². The number of hydrogen-bond acceptors (Lipinski definition) is 5. The Balaban J connectivity index is 1.58. The average molecular weight is 335 g/mol. The van der Waals surface area contributed by atoms with Crippen LogP contribution >= 0.6 is 0 Å². The van der Waals surface area contributed by atoms with Crippen molar-refractivity contribution in [2.45, 2.75) is 32.9 Å². The number of carbonyl (C=O) groups is 2. The Labute approximate surface area is 141 Å². The highest BCUT2D eigenvalue weighted by molar-refractivity contribution is 5.95. The predicted molar refractivity (Wildman–Crippen MR) is 87.9 cm³/mol. The highest BCUT2D eigenvalue weighted by atomic mass is 16.5. The van der Waals surface area contributed by atoms with Gasteiger partial charge in [0.15, 0.2) is 0 Å². The lowest BCUT2D eigenvalue weighted by molar-refractivity contribution is -0.140. The molecule has 2 aliphatic heterocycles. The molecule has 3 heterocycles. The number of rotatable bonds is 2. The van der Waals surface area contributed by atoms with Crippen molar-refractivity contribution in [1.82, 2.24) is 15.1 Å². The highest BCUT2D eigenvalue weighted by Crippen LogP contribution is 2.18. The maximum Gasteiger partial charge on any atom is 0.257 e. The second-order valence-electron chi connectivity index (χ2n) is 6.45. The van der Waals surface area contributed by atoms with Crippen LogP contribution in [-0.2, 0) is 9.53 Å². The zero-order valence-corrected chi connectivity index (χ0v) is 14.5. The van der Waals surface area contributed by atoms with Gasteiger partial charge in [-0.1, -0.05) is 0 Å². The molecular weight excluding hydrogens is 310 g/mol. The van der Waals surface area contributed by atoms with Crippen molar-refractivity contribution in [2.24, 2.45) is 0 Å². The quantitative estimate of drug-likeness (QED) is 0.855. The van der Waals surface area contributed by atoms with Crippen molar-refractivity contribution < 1.29 is 18.7 Å². The molecule has 2 amide bonds. The molecule has 0 bridgehead atoms. The number of nitrogens with one attached hydrogen (secondary N) is 1. The Morgan fingerprint density at radius 2 is 1.83 bits per heavy atom. The number of carbonyl (C=O) groups excluding carboxylic acids is 2. The molecule has 0 spiro atoms. The van der Waals surface area contributed by atoms with Crippen molar-refractivity contribution in [3.63, 3.8) is 0 Å². The van der Waals surface area contributed by atoms with Crippen molar-refractivity contribution in [1.29, 1.82) is 0 Å². The van der Waals surface area contributed by atoms with Gasteiger partial charge in [-0.05, 0) is 26.8 Å². The van der Waals surface area contributed by atoms with E-state index in [9.17, 15) is 9.59 Å². The summed E-state index contributed by atoms with van der Waals surface area (Å²) >= 11 is 0. The third-order valence-electron chi connectivity index (χ3n) is 4.73. The molecular formula is C17H25N3O4. The average Bonchev–Trinajstić information content (AvgIpc) is 2.92. The largest absolute Gasteiger partial charge is 0.466 e. The number of aryl methyl sites for hydroxylation is 2. The van der Waals surface area contributed by atoms with E-state index >= 15 is 0 Å². The number of morpholine rings is 1. The van der Waals surface area contributed by atoms with Crippen molar-refractivity contribution in [2.75, 3.05) is 39.3 Å². The van der Waals surface area contributed by atoms with Crippen LogP contribution in [0.15, 0.2) is 10.5 Å². The van der Waals surface area contributed by atoms with Crippen LogP contribution in [0.3, 0.4) is 0 Å². The summed E-state index contributed by atoms with van der Waals surface area (Å²) < 4.78 is 11.0. The van der Waals surface area contributed by atoms with E-state index < -0.39 is 0 Å². The summed E-state index contributed by atoms with van der Waals surface area (Å²) in [5.74, 6) is 1.42. The molecule has 2 fully saturated rings. The number of furan rings is 1. The number of hydrogen-bond donors (Lipinski definition) is 1. The predicted octanol–water partition coefficient (Wildman–Crippen LogP) is 0.558. The molecule has 0 aromatic carbocycles. The lowest BCUT2D eigenvalue weighted by Crippen LogP contribution is -2.60. The fourth-order valence-corrected chi connectivity index (χ4v) is 3.35. The van der Waals surface area contributed by atoms with Crippen LogP contribution in [0.25, 0.3) is 0 Å². The molecule has 2 atom stereocenters. The lowest BCUT2D eigenvalue weighted by Gasteiger charge is -2.38. The molecule has 0 saturated carbocycles. The summed E-state index contributed by atoms with van der Waals surface area (Å²) in [6.45, 7) is 9.05. The van der Waals surface area contributed by atoms with Crippen LogP contribution in [-0.4, -0.2) is 73.1 Å². The van der Waals surface area contributed by atoms with E-state index in [0.29, 0.717) is 50.7 Å². The number of ether oxygens (including phenoxy) is 1. The molecule has 0 unspecified atom stereocenters. The number of piperazine rings is 1. The van der Waals surface area contributed by atoms with Crippen LogP contribution in [0.2, 0.25) is 0 Å². The van der Waals surface area contributed by atoms with Gasteiger partial charge >= 0.3 is 0 Å². The minimum absolute atomic E-state index is 0.0241. The summed E-state index contributed by atoms with van der Waals surface area (Å²) in [5.41, 5.74) is 0.614. The van der Waals surface area contributed by atoms with E-state index in [2.05, 4.69) is 5.32 Å². The summed E-state index contributed by atoms with van der Waals surface area (Å²) in [4.78, 5) is 28.8. The van der Waals surface area contributed by atoms with E-state index in [-0.39, 0.29) is 24.0 Å². The van der Waals surface area contributed by atoms with Crippen molar-refractivity contribution in [3.05, 3.63) is 23.2 Å². The van der Waals surface area contributed by atoms with Gasteiger partial charge in [0.2, 0.25) is 5.91 Å². The zero-order valence-electron chi connectivity index (χ0n) is 14.5. The van der Waals surface area contributed by atoms with Crippen LogP contribution < -0.4 is 5.32 Å². The van der Waals surface area contributed by atoms with Gasteiger partial charge in [0.05, 0.1) is 18.3 Å². The maximum atomic E-state index is 12.6. The third-order valence-corrected chi connectivity index (χ3v) is 4.73. The third kappa shape index (κ3) is 3.32. The number of amides is 2. The van der Waals surface area contributed by atoms with Gasteiger partial charge in [0.1, 0.15) is 17.6 Å². The highest BCUT2D eigenvalue weighted by Gasteiger charge is 2.34. The van der Waals surface area contributed by atoms with Crippen LogP contribution in [0.4, 0.5) is 0 Å². The first-order valence-corrected chi connectivity index (χ1v) is 8.47. The second kappa shape index (κ2) is 6.94. The summed E-state index contributed by atoms with van der Waals surface area (Å²) in [5, 5.41) is 3.23. The van der Waals surface area contributed by atoms with Crippen LogP contribution in [0.5, 0.6) is 0 Å². The molecule has 2 saturated heterocycles. The fourth-order valence-electron chi connectivity index (χ4n) is 3.35. The Hall–Kier alpha value is -1.86. The summed E-state index contributed by atoms with van der Waals surface area (Å²) in [7, 11) is 0. The standard InChI is InChI=1S/C17H25N3O4/c1-11-10-14(12(2)24-11)16(21)19-5-7-20(8-6-19)17(22)15-13(3)23-9-4-18-15/h10,13,15,18H,4-9H2,1-3H3/t13-,15+/m1/s1. The second-order valence-corrected chi connectivity index (χ2v) is 6.45. The number of nitrogens with zero attached hydrogens (tertiary/aromatic N) is 2. The van der Waals surface area contributed by atoms with Gasteiger partial charge in [0, 0.05) is 32.7 Å². The summed E-state index contributed by atoms with van der Waals surface area (Å²) in [6, 6.07) is 1.49. The molecule has 1 aromatic rings. The smallest absolute Gasteiger partial charge is 0.257 e. The molecule has 1 aromatic heterocycles. The molecule has 7 nitrogen and oxygen atoms in total. The molecule has 2 aliphatic rings. The van der Waals surface area contributed by atoms with Crippen LogP contribution in [0, 0.1) is 13.8 Å². The normalized spacial score (nSPS) is 25.0. The van der Waals surface area contributed by atoms with Gasteiger partial charge in [-0.25, -0.2) is 0 Å². The molecule has 0 aliphatic carbocycles. The Kier molecular flexibility index (Phi) is 4.91. The van der Waals surface area contributed by atoms with Gasteiger partial charge in [-0.3, -0.25) is 9.59 Å². The van der Waals surface area contributed by atoms with E-state index in [1.165, 1.54) is 0 Å². The van der Waals surface area contributed by atoms with Crippen molar-refractivity contribution >= 4 is 11.8 Å². The van der Waals surface area contributed by atoms with E-state index in [1.54, 1.807) is 17.9 Å². The van der Waals surface area contributed by atoms with Gasteiger partial charge in [-0.15, -0.1) is 0 Å². The van der Waals surface area contributed by atoms with Crippen molar-refractivity contribution in [3.8, 4) is 0 Å². The Morgan fingerprint density at radius 3 is 2.42 bits per heavy atom. The molecule has 7 heteroatoms. The van der Waals surface area contributed by atoms with Gasteiger partial charge < -0.3 is 24.3 Å². The minimum atomic E-state index is -0.292. The zero-order chi connectivity index (χ0) is 17.3. The Bertz CT molecular complexity index is 619. The topological polar surface area (TPSA) is 75.0 Å². The molecule has 132 valence electrons. The van der Waals surface area contributed by atoms with Gasteiger partial charge in [-0.2, -0.15) is 0 Å². The van der Waals surface area contributed by atoms with E-state index in [0.717, 1.165) is 5.76 Å². The first-order valence-electron chi connectivity index (χ1n) is 8.47. The SMILES string of the molecule is Cc1cc(C(=O)N2CCN(C(=O)[C@H]3NCCO[C@@H]3C)CC2)c(C)o1. The lowest BCUT2D eigenvalue weighted by atomic mass is 10.1. The monoisotopic (exact) mass is 335 g/mol. The van der Waals surface area contributed by atoms with E-state index in [1.807, 2.05) is 18.7 Å². The molecule has 3 rings (SSSR count). The maximum absolute atomic E-state index is 12.6.